The average molecular weight is 196 g/mol. The molecule has 0 bridgehead atoms. The van der Waals surface area contributed by atoms with Gasteiger partial charge in [-0.15, -0.1) is 0 Å². The zero-order chi connectivity index (χ0) is 11.2. The summed E-state index contributed by atoms with van der Waals surface area (Å²) in [5, 5.41) is 8.44. The van der Waals surface area contributed by atoms with Crippen molar-refractivity contribution in [2.45, 2.75) is 38.8 Å². The van der Waals surface area contributed by atoms with E-state index < -0.39 is 0 Å². The molecule has 0 aliphatic heterocycles. The van der Waals surface area contributed by atoms with Crippen molar-refractivity contribution in [1.29, 1.82) is 0 Å². The first-order valence-corrected chi connectivity index (χ1v) is 4.64. The minimum atomic E-state index is -0.340. The normalized spacial score (nSPS) is 15.0. The van der Waals surface area contributed by atoms with Crippen LogP contribution in [0.1, 0.15) is 27.7 Å². The van der Waals surface area contributed by atoms with Crippen LogP contribution in [0.4, 0.5) is 0 Å². The topological polar surface area (TPSA) is 49.4 Å². The maximum atomic E-state index is 4.22. The van der Waals surface area contributed by atoms with E-state index in [0.717, 1.165) is 0 Å². The predicted molar refractivity (Wildman–Crippen MR) is 61.8 cm³/mol. The Kier molecular flexibility index (Phi) is 4.60. The fourth-order valence-corrected chi connectivity index (χ4v) is 0.941. The summed E-state index contributed by atoms with van der Waals surface area (Å²) in [7, 11) is 3.46. The van der Waals surface area contributed by atoms with Gasteiger partial charge in [0.25, 0.3) is 0 Å². The standard InChI is InChI=1S/C10H20N4/c1-9(2,7-11-5)13-14-10(3,4)8-12-6/h7-8H,1-6H3/b11-7-,12-8+,14-13?. The van der Waals surface area contributed by atoms with Crippen molar-refractivity contribution in [3.8, 4) is 0 Å². The molecule has 0 radical (unpaired) electrons. The van der Waals surface area contributed by atoms with E-state index in [4.69, 9.17) is 0 Å². The van der Waals surface area contributed by atoms with Gasteiger partial charge in [-0.1, -0.05) is 0 Å². The molecule has 0 aliphatic carbocycles. The highest BCUT2D eigenvalue weighted by atomic mass is 15.2. The Morgan fingerprint density at radius 2 is 1.00 bits per heavy atom. The van der Waals surface area contributed by atoms with Crippen LogP contribution in [0.15, 0.2) is 20.2 Å². The molecule has 0 aliphatic rings. The lowest BCUT2D eigenvalue weighted by molar-refractivity contribution is 0.576. The van der Waals surface area contributed by atoms with Gasteiger partial charge in [0.2, 0.25) is 0 Å². The quantitative estimate of drug-likeness (QED) is 0.489. The molecule has 0 amide bonds. The van der Waals surface area contributed by atoms with Gasteiger partial charge in [-0.05, 0) is 27.7 Å². The number of hydrogen-bond acceptors (Lipinski definition) is 4. The summed E-state index contributed by atoms with van der Waals surface area (Å²) in [6.07, 6.45) is 3.55. The van der Waals surface area contributed by atoms with E-state index in [1.54, 1.807) is 26.5 Å². The maximum absolute atomic E-state index is 4.22. The Bertz CT molecular complexity index is 223. The molecule has 0 heterocycles. The molecule has 0 aromatic rings. The molecule has 0 N–H and O–H groups in total. The molecule has 80 valence electrons. The first kappa shape index (κ1) is 12.9. The Morgan fingerprint density at radius 3 is 1.21 bits per heavy atom. The summed E-state index contributed by atoms with van der Waals surface area (Å²) in [5.74, 6) is 0. The molecule has 0 aromatic heterocycles. The number of azo groups is 1. The van der Waals surface area contributed by atoms with Crippen molar-refractivity contribution in [3.05, 3.63) is 0 Å². The van der Waals surface area contributed by atoms with E-state index in [9.17, 15) is 0 Å². The van der Waals surface area contributed by atoms with Crippen LogP contribution in [0.3, 0.4) is 0 Å². The smallest absolute Gasteiger partial charge is 0.110 e. The maximum Gasteiger partial charge on any atom is 0.110 e. The van der Waals surface area contributed by atoms with Gasteiger partial charge in [0.15, 0.2) is 0 Å². The van der Waals surface area contributed by atoms with Crippen molar-refractivity contribution < 1.29 is 0 Å². The number of nitrogens with zero attached hydrogens (tertiary/aromatic N) is 4. The van der Waals surface area contributed by atoms with Crippen LogP contribution in [0.25, 0.3) is 0 Å². The first-order chi connectivity index (χ1) is 6.33. The molecular weight excluding hydrogens is 176 g/mol. The SMILES string of the molecule is C/N=C\C(C)(C)N=NC(C)(C)/C=N/C. The van der Waals surface area contributed by atoms with Crippen LogP contribution in [-0.4, -0.2) is 37.6 Å². The molecule has 0 unspecified atom stereocenters. The van der Waals surface area contributed by atoms with Gasteiger partial charge in [0.05, 0.1) is 0 Å². The lowest BCUT2D eigenvalue weighted by atomic mass is 10.1. The van der Waals surface area contributed by atoms with E-state index in [-0.39, 0.29) is 11.1 Å². The molecule has 0 rings (SSSR count). The molecule has 0 saturated carbocycles. The summed E-state index contributed by atoms with van der Waals surface area (Å²) in [5.41, 5.74) is -0.679. The molecule has 0 atom stereocenters. The van der Waals surface area contributed by atoms with Crippen LogP contribution in [0, 0.1) is 0 Å². The third kappa shape index (κ3) is 5.56. The van der Waals surface area contributed by atoms with Crippen molar-refractivity contribution in [3.63, 3.8) is 0 Å². The molecule has 0 aromatic carbocycles. The van der Waals surface area contributed by atoms with Crippen LogP contribution in [0.5, 0.6) is 0 Å². The summed E-state index contributed by atoms with van der Waals surface area (Å²) in [6, 6.07) is 0. The molecule has 0 fully saturated rings. The van der Waals surface area contributed by atoms with E-state index >= 15 is 0 Å². The van der Waals surface area contributed by atoms with Crippen LogP contribution < -0.4 is 0 Å². The van der Waals surface area contributed by atoms with Gasteiger partial charge in [0, 0.05) is 26.5 Å². The fourth-order valence-electron chi connectivity index (χ4n) is 0.941. The van der Waals surface area contributed by atoms with Gasteiger partial charge in [-0.3, -0.25) is 9.98 Å². The van der Waals surface area contributed by atoms with Gasteiger partial charge in [-0.25, -0.2) is 0 Å². The summed E-state index contributed by atoms with van der Waals surface area (Å²) in [4.78, 5) is 7.88. The largest absolute Gasteiger partial charge is 0.298 e. The Hall–Kier alpha value is -1.06. The zero-order valence-corrected chi connectivity index (χ0v) is 9.94. The summed E-state index contributed by atoms with van der Waals surface area (Å²) >= 11 is 0. The highest BCUT2D eigenvalue weighted by Crippen LogP contribution is 2.12. The number of hydrogen-bond donors (Lipinski definition) is 0. The van der Waals surface area contributed by atoms with E-state index in [1.807, 2.05) is 27.7 Å². The Labute approximate surface area is 86.3 Å². The second-order valence-electron chi connectivity index (χ2n) is 4.28. The first-order valence-electron chi connectivity index (χ1n) is 4.64. The van der Waals surface area contributed by atoms with Crippen molar-refractivity contribution in [1.82, 2.24) is 0 Å². The lowest BCUT2D eigenvalue weighted by Gasteiger charge is -2.16. The van der Waals surface area contributed by atoms with Gasteiger partial charge >= 0.3 is 0 Å². The van der Waals surface area contributed by atoms with Crippen LogP contribution >= 0.6 is 0 Å². The van der Waals surface area contributed by atoms with Gasteiger partial charge < -0.3 is 0 Å². The van der Waals surface area contributed by atoms with Gasteiger partial charge in [-0.2, -0.15) is 10.2 Å². The van der Waals surface area contributed by atoms with E-state index in [1.165, 1.54) is 0 Å². The molecule has 14 heavy (non-hydrogen) atoms. The van der Waals surface area contributed by atoms with E-state index in [0.29, 0.717) is 0 Å². The Morgan fingerprint density at radius 1 is 0.714 bits per heavy atom. The zero-order valence-electron chi connectivity index (χ0n) is 9.94. The lowest BCUT2D eigenvalue weighted by Crippen LogP contribution is -2.23. The van der Waals surface area contributed by atoms with Gasteiger partial charge in [0.1, 0.15) is 11.1 Å². The van der Waals surface area contributed by atoms with E-state index in [2.05, 4.69) is 20.2 Å². The second kappa shape index (κ2) is 4.98. The van der Waals surface area contributed by atoms with Crippen LogP contribution in [-0.2, 0) is 0 Å². The molecule has 0 spiro atoms. The third-order valence-electron chi connectivity index (χ3n) is 1.46. The van der Waals surface area contributed by atoms with Crippen molar-refractivity contribution in [2.24, 2.45) is 20.2 Å². The third-order valence-corrected chi connectivity index (χ3v) is 1.46. The molecule has 4 nitrogen and oxygen atoms in total. The number of aliphatic imine (C=N–C) groups is 2. The van der Waals surface area contributed by atoms with Crippen molar-refractivity contribution in [2.75, 3.05) is 14.1 Å². The molecule has 4 heteroatoms. The highest BCUT2D eigenvalue weighted by Gasteiger charge is 2.17. The minimum absolute atomic E-state index is 0.340. The molecular formula is C10H20N4. The Balaban J connectivity index is 4.57. The van der Waals surface area contributed by atoms with Crippen molar-refractivity contribution >= 4 is 12.4 Å². The average Bonchev–Trinajstić information content (AvgIpc) is 2.01. The summed E-state index contributed by atoms with van der Waals surface area (Å²) < 4.78 is 0. The number of rotatable bonds is 4. The highest BCUT2D eigenvalue weighted by molar-refractivity contribution is 5.70. The minimum Gasteiger partial charge on any atom is -0.298 e. The predicted octanol–water partition coefficient (Wildman–Crippen LogP) is 2.40. The second-order valence-corrected chi connectivity index (χ2v) is 4.28. The fraction of sp³-hybridized carbons (Fsp3) is 0.800. The monoisotopic (exact) mass is 196 g/mol. The van der Waals surface area contributed by atoms with Crippen LogP contribution in [0.2, 0.25) is 0 Å². The summed E-state index contributed by atoms with van der Waals surface area (Å²) in [6.45, 7) is 7.84. The molecule has 0 saturated heterocycles.